The van der Waals surface area contributed by atoms with Crippen LogP contribution >= 0.6 is 0 Å². The summed E-state index contributed by atoms with van der Waals surface area (Å²) in [4.78, 5) is 49.3. The van der Waals surface area contributed by atoms with Gasteiger partial charge in [-0.05, 0) is 44.7 Å². The summed E-state index contributed by atoms with van der Waals surface area (Å²) in [5.41, 5.74) is 4.29. The van der Waals surface area contributed by atoms with E-state index in [2.05, 4.69) is 10.7 Å². The van der Waals surface area contributed by atoms with Gasteiger partial charge in [-0.3, -0.25) is 15.0 Å². The fourth-order valence-corrected chi connectivity index (χ4v) is 4.08. The van der Waals surface area contributed by atoms with Crippen molar-refractivity contribution in [2.45, 2.75) is 58.4 Å². The summed E-state index contributed by atoms with van der Waals surface area (Å²) in [5, 5.41) is 3.40. The van der Waals surface area contributed by atoms with Crippen LogP contribution < -0.4 is 10.7 Å². The molecule has 8 nitrogen and oxygen atoms in total. The van der Waals surface area contributed by atoms with Crippen LogP contribution in [0.3, 0.4) is 0 Å². The second-order valence-electron chi connectivity index (χ2n) is 7.60. The number of urea groups is 1. The summed E-state index contributed by atoms with van der Waals surface area (Å²) >= 11 is 0. The number of benzene rings is 1. The number of imide groups is 1. The molecule has 0 radical (unpaired) electrons. The van der Waals surface area contributed by atoms with Crippen molar-refractivity contribution in [1.82, 2.24) is 15.8 Å². The van der Waals surface area contributed by atoms with Gasteiger partial charge in [-0.1, -0.05) is 37.0 Å². The quantitative estimate of drug-likeness (QED) is 0.608. The molecule has 1 aromatic carbocycles. The second-order valence-corrected chi connectivity index (χ2v) is 7.60. The minimum atomic E-state index is -0.921. The molecule has 3 rings (SSSR count). The standard InChI is InChI=1S/C20H25N3O5/c1-12-9-13(2)16(14(3)10-12)17(25)28-11-15(24)22-23-18(26)20(21-19(23)27)7-5-4-6-8-20/h9-10H,4-8,11H2,1-3H3,(H,21,27)(H,22,24). The Labute approximate surface area is 163 Å². The molecule has 1 saturated heterocycles. The summed E-state index contributed by atoms with van der Waals surface area (Å²) in [5.74, 6) is -1.82. The number of amides is 4. The molecule has 2 aliphatic rings. The molecule has 0 atom stereocenters. The first-order chi connectivity index (χ1) is 13.2. The highest BCUT2D eigenvalue weighted by Gasteiger charge is 2.52. The highest BCUT2D eigenvalue weighted by atomic mass is 16.5. The predicted octanol–water partition coefficient (Wildman–Crippen LogP) is 2.05. The van der Waals surface area contributed by atoms with Crippen LogP contribution in [0.5, 0.6) is 0 Å². The molecule has 1 aliphatic carbocycles. The highest BCUT2D eigenvalue weighted by molar-refractivity contribution is 6.08. The Morgan fingerprint density at radius 1 is 1.11 bits per heavy atom. The Bertz CT molecular complexity index is 819. The second kappa shape index (κ2) is 7.61. The van der Waals surface area contributed by atoms with Crippen LogP contribution in [-0.2, 0) is 14.3 Å². The lowest BCUT2D eigenvalue weighted by Crippen LogP contribution is -2.51. The van der Waals surface area contributed by atoms with Gasteiger partial charge < -0.3 is 10.1 Å². The van der Waals surface area contributed by atoms with E-state index in [9.17, 15) is 19.2 Å². The van der Waals surface area contributed by atoms with Crippen molar-refractivity contribution < 1.29 is 23.9 Å². The lowest BCUT2D eigenvalue weighted by Gasteiger charge is -2.30. The average Bonchev–Trinajstić information content (AvgIpc) is 2.84. The number of esters is 1. The van der Waals surface area contributed by atoms with E-state index >= 15 is 0 Å². The third kappa shape index (κ3) is 3.72. The van der Waals surface area contributed by atoms with Crippen LogP contribution in [0.25, 0.3) is 0 Å². The molecule has 1 saturated carbocycles. The first kappa shape index (κ1) is 19.9. The SMILES string of the molecule is Cc1cc(C)c(C(=O)OCC(=O)NN2C(=O)NC3(CCCCC3)C2=O)c(C)c1. The van der Waals surface area contributed by atoms with Crippen LogP contribution in [0.2, 0.25) is 0 Å². The largest absolute Gasteiger partial charge is 0.452 e. The van der Waals surface area contributed by atoms with Crippen molar-refractivity contribution in [1.29, 1.82) is 0 Å². The van der Waals surface area contributed by atoms with Crippen LogP contribution in [-0.4, -0.2) is 41.0 Å². The number of carbonyl (C=O) groups is 4. The maximum atomic E-state index is 12.6. The lowest BCUT2D eigenvalue weighted by molar-refractivity contribution is -0.140. The molecule has 4 amide bonds. The van der Waals surface area contributed by atoms with Crippen LogP contribution in [0.1, 0.15) is 59.2 Å². The molecule has 150 valence electrons. The Balaban J connectivity index is 1.60. The van der Waals surface area contributed by atoms with Gasteiger partial charge in [0, 0.05) is 0 Å². The van der Waals surface area contributed by atoms with Gasteiger partial charge in [0.25, 0.3) is 11.8 Å². The number of carbonyl (C=O) groups excluding carboxylic acids is 4. The normalized spacial score (nSPS) is 18.2. The topological polar surface area (TPSA) is 105 Å². The molecular formula is C20H25N3O5. The third-order valence-electron chi connectivity index (χ3n) is 5.32. The smallest absolute Gasteiger partial charge is 0.344 e. The van der Waals surface area contributed by atoms with Gasteiger partial charge in [0.05, 0.1) is 5.56 Å². The zero-order valence-electron chi connectivity index (χ0n) is 16.4. The number of nitrogens with zero attached hydrogens (tertiary/aromatic N) is 1. The summed E-state index contributed by atoms with van der Waals surface area (Å²) in [7, 11) is 0. The highest BCUT2D eigenvalue weighted by Crippen LogP contribution is 2.32. The van der Waals surface area contributed by atoms with E-state index in [4.69, 9.17) is 4.74 Å². The van der Waals surface area contributed by atoms with Crippen LogP contribution in [0.4, 0.5) is 4.79 Å². The van der Waals surface area contributed by atoms with E-state index in [1.165, 1.54) is 0 Å². The Morgan fingerprint density at radius 2 is 1.71 bits per heavy atom. The number of hydrazine groups is 1. The van der Waals surface area contributed by atoms with Gasteiger partial charge in [0.2, 0.25) is 0 Å². The summed E-state index contributed by atoms with van der Waals surface area (Å²) in [6.45, 7) is 4.94. The Morgan fingerprint density at radius 3 is 2.32 bits per heavy atom. The van der Waals surface area contributed by atoms with Gasteiger partial charge in [-0.15, -0.1) is 0 Å². The van der Waals surface area contributed by atoms with E-state index in [0.29, 0.717) is 23.4 Å². The van der Waals surface area contributed by atoms with Crippen molar-refractivity contribution in [3.63, 3.8) is 0 Å². The number of nitrogens with one attached hydrogen (secondary N) is 2. The van der Waals surface area contributed by atoms with Gasteiger partial charge in [0.1, 0.15) is 5.54 Å². The van der Waals surface area contributed by atoms with Gasteiger partial charge in [0.15, 0.2) is 6.61 Å². The van der Waals surface area contributed by atoms with Crippen LogP contribution in [0, 0.1) is 20.8 Å². The van der Waals surface area contributed by atoms with Gasteiger partial charge in [-0.25, -0.2) is 9.59 Å². The number of hydrogen-bond acceptors (Lipinski definition) is 5. The fourth-order valence-electron chi connectivity index (χ4n) is 4.08. The first-order valence-electron chi connectivity index (χ1n) is 9.45. The number of aryl methyl sites for hydroxylation is 3. The lowest BCUT2D eigenvalue weighted by atomic mass is 9.82. The van der Waals surface area contributed by atoms with Crippen molar-refractivity contribution in [3.8, 4) is 0 Å². The van der Waals surface area contributed by atoms with E-state index in [0.717, 1.165) is 36.0 Å². The minimum absolute atomic E-state index is 0.412. The Kier molecular flexibility index (Phi) is 5.40. The molecule has 1 heterocycles. The molecule has 0 bridgehead atoms. The number of rotatable bonds is 4. The van der Waals surface area contributed by atoms with Crippen molar-refractivity contribution >= 4 is 23.8 Å². The third-order valence-corrected chi connectivity index (χ3v) is 5.32. The Hall–Kier alpha value is -2.90. The van der Waals surface area contributed by atoms with Crippen molar-refractivity contribution in [2.24, 2.45) is 0 Å². The monoisotopic (exact) mass is 387 g/mol. The van der Waals surface area contributed by atoms with E-state index < -0.39 is 36.0 Å². The molecule has 1 spiro atoms. The van der Waals surface area contributed by atoms with E-state index in [1.54, 1.807) is 13.8 Å². The minimum Gasteiger partial charge on any atom is -0.452 e. The fraction of sp³-hybridized carbons (Fsp3) is 0.500. The molecule has 2 fully saturated rings. The first-order valence-corrected chi connectivity index (χ1v) is 9.45. The average molecular weight is 387 g/mol. The molecule has 1 aliphatic heterocycles. The number of ether oxygens (including phenoxy) is 1. The molecule has 28 heavy (non-hydrogen) atoms. The zero-order chi connectivity index (χ0) is 20.5. The maximum Gasteiger partial charge on any atom is 0.344 e. The van der Waals surface area contributed by atoms with E-state index in [1.807, 2.05) is 19.1 Å². The summed E-state index contributed by atoms with van der Waals surface area (Å²) in [6, 6.07) is 3.07. The summed E-state index contributed by atoms with van der Waals surface area (Å²) in [6.07, 6.45) is 3.84. The van der Waals surface area contributed by atoms with Gasteiger partial charge in [-0.2, -0.15) is 5.01 Å². The number of hydrogen-bond donors (Lipinski definition) is 2. The molecule has 0 unspecified atom stereocenters. The van der Waals surface area contributed by atoms with Crippen molar-refractivity contribution in [3.05, 3.63) is 34.4 Å². The molecule has 0 aromatic heterocycles. The molecular weight excluding hydrogens is 362 g/mol. The molecule has 8 heteroatoms. The van der Waals surface area contributed by atoms with E-state index in [-0.39, 0.29) is 0 Å². The van der Waals surface area contributed by atoms with Crippen molar-refractivity contribution in [2.75, 3.05) is 6.61 Å². The van der Waals surface area contributed by atoms with Gasteiger partial charge >= 0.3 is 12.0 Å². The summed E-state index contributed by atoms with van der Waals surface area (Å²) < 4.78 is 5.09. The zero-order valence-corrected chi connectivity index (χ0v) is 16.4. The van der Waals surface area contributed by atoms with Crippen LogP contribution in [0.15, 0.2) is 12.1 Å². The molecule has 1 aromatic rings. The maximum absolute atomic E-state index is 12.6. The molecule has 2 N–H and O–H groups in total. The predicted molar refractivity (Wildman–Crippen MR) is 100 cm³/mol.